The number of aromatic nitrogens is 2. The van der Waals surface area contributed by atoms with Gasteiger partial charge in [0.25, 0.3) is 5.56 Å². The largest absolute Gasteiger partial charge is 0.490 e. The highest BCUT2D eigenvalue weighted by Crippen LogP contribution is 2.35. The third-order valence-electron chi connectivity index (χ3n) is 6.91. The van der Waals surface area contributed by atoms with Crippen molar-refractivity contribution >= 4 is 51.3 Å². The Morgan fingerprint density at radius 3 is 2.59 bits per heavy atom. The van der Waals surface area contributed by atoms with Crippen molar-refractivity contribution in [2.45, 2.75) is 20.0 Å². The fraction of sp³-hybridized carbons (Fsp3) is 0.114. The Kier molecular flexibility index (Phi) is 8.50. The van der Waals surface area contributed by atoms with Crippen LogP contribution in [0, 0.1) is 0 Å². The zero-order chi connectivity index (χ0) is 30.6. The van der Waals surface area contributed by atoms with E-state index in [2.05, 4.69) is 11.7 Å². The SMILES string of the molecule is C=CCc1cc(C=Nn2c(-c3cc4ccccc4o3)nc3ccccc3c2=O)cc(OCC)c1OCc1ccc(Cl)c(Cl)c1. The predicted octanol–water partition coefficient (Wildman–Crippen LogP) is 8.70. The van der Waals surface area contributed by atoms with Crippen LogP contribution in [0.3, 0.4) is 0 Å². The van der Waals surface area contributed by atoms with Crippen molar-refractivity contribution < 1.29 is 13.9 Å². The molecule has 9 heteroatoms. The number of fused-ring (bicyclic) bond motifs is 2. The molecule has 0 fully saturated rings. The van der Waals surface area contributed by atoms with Gasteiger partial charge in [-0.1, -0.05) is 65.7 Å². The van der Waals surface area contributed by atoms with Gasteiger partial charge in [-0.25, -0.2) is 4.98 Å². The lowest BCUT2D eigenvalue weighted by atomic mass is 10.1. The first-order valence-corrected chi connectivity index (χ1v) is 14.7. The smallest absolute Gasteiger partial charge is 0.282 e. The van der Waals surface area contributed by atoms with E-state index in [1.807, 2.05) is 61.5 Å². The number of hydrogen-bond donors (Lipinski definition) is 0. The van der Waals surface area contributed by atoms with E-state index in [1.54, 1.807) is 42.6 Å². The van der Waals surface area contributed by atoms with E-state index >= 15 is 0 Å². The van der Waals surface area contributed by atoms with Crippen LogP contribution in [0.2, 0.25) is 10.0 Å². The number of hydrogen-bond acceptors (Lipinski definition) is 6. The topological polar surface area (TPSA) is 78.9 Å². The quantitative estimate of drug-likeness (QED) is 0.113. The van der Waals surface area contributed by atoms with Gasteiger partial charge in [0.1, 0.15) is 12.2 Å². The molecule has 0 unspecified atom stereocenters. The monoisotopic (exact) mass is 623 g/mol. The summed E-state index contributed by atoms with van der Waals surface area (Å²) in [6, 6.07) is 25.8. The molecular weight excluding hydrogens is 597 g/mol. The summed E-state index contributed by atoms with van der Waals surface area (Å²) < 4.78 is 19.6. The second-order valence-electron chi connectivity index (χ2n) is 9.93. The van der Waals surface area contributed by atoms with Crippen molar-refractivity contribution in [2.75, 3.05) is 6.61 Å². The van der Waals surface area contributed by atoms with Crippen LogP contribution in [0.1, 0.15) is 23.6 Å². The molecule has 0 spiro atoms. The Morgan fingerprint density at radius 1 is 0.977 bits per heavy atom. The lowest BCUT2D eigenvalue weighted by molar-refractivity contribution is 0.267. The van der Waals surface area contributed by atoms with Crippen LogP contribution in [0.4, 0.5) is 0 Å². The van der Waals surface area contributed by atoms with E-state index in [-0.39, 0.29) is 12.2 Å². The van der Waals surface area contributed by atoms with Gasteiger partial charge in [0.15, 0.2) is 17.3 Å². The highest BCUT2D eigenvalue weighted by molar-refractivity contribution is 6.42. The zero-order valence-electron chi connectivity index (χ0n) is 23.8. The number of rotatable bonds is 10. The van der Waals surface area contributed by atoms with Crippen LogP contribution in [-0.2, 0) is 13.0 Å². The predicted molar refractivity (Wildman–Crippen MR) is 177 cm³/mol. The van der Waals surface area contributed by atoms with Gasteiger partial charge < -0.3 is 13.9 Å². The van der Waals surface area contributed by atoms with Crippen LogP contribution in [0.15, 0.2) is 112 Å². The summed E-state index contributed by atoms with van der Waals surface area (Å²) in [6.07, 6.45) is 3.90. The van der Waals surface area contributed by atoms with E-state index in [0.717, 1.165) is 16.5 Å². The molecule has 0 N–H and O–H groups in total. The van der Waals surface area contributed by atoms with Gasteiger partial charge in [0.2, 0.25) is 5.82 Å². The molecule has 6 aromatic rings. The van der Waals surface area contributed by atoms with E-state index < -0.39 is 0 Å². The van der Waals surface area contributed by atoms with Gasteiger partial charge in [-0.15, -0.1) is 6.58 Å². The van der Waals surface area contributed by atoms with Gasteiger partial charge in [-0.3, -0.25) is 4.79 Å². The Hall–Kier alpha value is -4.85. The van der Waals surface area contributed by atoms with Gasteiger partial charge in [-0.2, -0.15) is 9.78 Å². The van der Waals surface area contributed by atoms with Crippen LogP contribution in [0.25, 0.3) is 33.5 Å². The minimum absolute atomic E-state index is 0.257. The number of benzene rings is 4. The summed E-state index contributed by atoms with van der Waals surface area (Å²) in [6.45, 7) is 6.49. The van der Waals surface area contributed by atoms with Crippen molar-refractivity contribution in [3.05, 3.63) is 135 Å². The second kappa shape index (κ2) is 12.8. The Bertz CT molecular complexity index is 2070. The molecule has 2 heterocycles. The fourth-order valence-corrected chi connectivity index (χ4v) is 5.20. The molecule has 0 bridgehead atoms. The maximum absolute atomic E-state index is 13.7. The molecule has 4 aromatic carbocycles. The maximum atomic E-state index is 13.7. The average molecular weight is 625 g/mol. The van der Waals surface area contributed by atoms with E-state index in [9.17, 15) is 4.79 Å². The normalized spacial score (nSPS) is 11.4. The lowest BCUT2D eigenvalue weighted by Gasteiger charge is -2.17. The number of ether oxygens (including phenoxy) is 2. The van der Waals surface area contributed by atoms with Crippen molar-refractivity contribution in [2.24, 2.45) is 5.10 Å². The zero-order valence-corrected chi connectivity index (χ0v) is 25.3. The molecule has 0 saturated carbocycles. The van der Waals surface area contributed by atoms with Crippen LogP contribution in [-0.4, -0.2) is 22.5 Å². The minimum Gasteiger partial charge on any atom is -0.490 e. The van der Waals surface area contributed by atoms with Gasteiger partial charge in [0.05, 0.1) is 33.8 Å². The highest BCUT2D eigenvalue weighted by atomic mass is 35.5. The summed E-state index contributed by atoms with van der Waals surface area (Å²) in [5.41, 5.74) is 3.32. The van der Waals surface area contributed by atoms with Crippen LogP contribution < -0.4 is 15.0 Å². The number of halogens is 2. The maximum Gasteiger partial charge on any atom is 0.282 e. The number of allylic oxidation sites excluding steroid dienone is 1. The molecular formula is C35H27Cl2N3O4. The second-order valence-corrected chi connectivity index (χ2v) is 10.7. The molecule has 7 nitrogen and oxygen atoms in total. The van der Waals surface area contributed by atoms with Crippen molar-refractivity contribution in [1.82, 2.24) is 9.66 Å². The third-order valence-corrected chi connectivity index (χ3v) is 7.65. The summed E-state index contributed by atoms with van der Waals surface area (Å²) in [4.78, 5) is 18.5. The van der Waals surface area contributed by atoms with Crippen LogP contribution >= 0.6 is 23.2 Å². The highest BCUT2D eigenvalue weighted by Gasteiger charge is 2.17. The van der Waals surface area contributed by atoms with Crippen molar-refractivity contribution in [3.8, 4) is 23.1 Å². The Morgan fingerprint density at radius 2 is 1.80 bits per heavy atom. The number of nitrogens with zero attached hydrogens (tertiary/aromatic N) is 3. The molecule has 220 valence electrons. The van der Waals surface area contributed by atoms with Crippen molar-refractivity contribution in [1.29, 1.82) is 0 Å². The molecule has 0 amide bonds. The first-order chi connectivity index (χ1) is 21.4. The number of furan rings is 1. The van der Waals surface area contributed by atoms with Crippen molar-refractivity contribution in [3.63, 3.8) is 0 Å². The molecule has 2 aromatic heterocycles. The molecule has 0 radical (unpaired) electrons. The van der Waals surface area contributed by atoms with Gasteiger partial charge in [0, 0.05) is 10.9 Å². The standard InChI is InChI=1S/C35H27Cl2N3O4/c1-3-9-25-16-23(18-31(42-4-2)33(25)43-21-22-14-15-27(36)28(37)17-22)20-38-40-34(32-19-24-10-5-8-13-30(24)44-32)39-29-12-7-6-11-26(29)35(40)41/h3,5-8,10-20H,1,4,9,21H2,2H3. The van der Waals surface area contributed by atoms with E-state index in [0.29, 0.717) is 68.2 Å². The Labute approximate surface area is 263 Å². The first kappa shape index (κ1) is 29.2. The number of para-hydroxylation sites is 2. The Balaban J connectivity index is 1.42. The van der Waals surface area contributed by atoms with Crippen LogP contribution in [0.5, 0.6) is 11.5 Å². The van der Waals surface area contributed by atoms with E-state index in [1.165, 1.54) is 4.68 Å². The summed E-state index contributed by atoms with van der Waals surface area (Å²) in [7, 11) is 0. The fourth-order valence-electron chi connectivity index (χ4n) is 4.88. The average Bonchev–Trinajstić information content (AvgIpc) is 3.46. The molecule has 0 aliphatic rings. The molecule has 0 saturated heterocycles. The summed E-state index contributed by atoms with van der Waals surface area (Å²) >= 11 is 12.3. The van der Waals surface area contributed by atoms with E-state index in [4.69, 9.17) is 42.1 Å². The van der Waals surface area contributed by atoms with Gasteiger partial charge >= 0.3 is 0 Å². The lowest BCUT2D eigenvalue weighted by Crippen LogP contribution is -2.20. The van der Waals surface area contributed by atoms with Gasteiger partial charge in [-0.05, 0) is 73.0 Å². The molecule has 0 aliphatic heterocycles. The molecule has 0 atom stereocenters. The summed E-state index contributed by atoms with van der Waals surface area (Å²) in [5, 5.41) is 6.89. The molecule has 44 heavy (non-hydrogen) atoms. The molecule has 6 rings (SSSR count). The molecule has 0 aliphatic carbocycles. The summed E-state index contributed by atoms with van der Waals surface area (Å²) in [5.74, 6) is 1.84. The minimum atomic E-state index is -0.319. The first-order valence-electron chi connectivity index (χ1n) is 14.0. The third kappa shape index (κ3) is 5.97.